The largest absolute Gasteiger partial charge is 0.314 e. The lowest BCUT2D eigenvalue weighted by Gasteiger charge is -2.23. The van der Waals surface area contributed by atoms with Crippen LogP contribution < -0.4 is 5.32 Å². The Hall–Kier alpha value is -1.13. The number of benzene rings is 1. The summed E-state index contributed by atoms with van der Waals surface area (Å²) in [5, 5.41) is 14.9. The lowest BCUT2D eigenvalue weighted by Crippen LogP contribution is -2.34. The van der Waals surface area contributed by atoms with Crippen molar-refractivity contribution in [3.8, 4) is 0 Å². The van der Waals surface area contributed by atoms with Crippen LogP contribution >= 0.6 is 11.6 Å². The number of hydrogen-bond donors (Lipinski definition) is 1. The summed E-state index contributed by atoms with van der Waals surface area (Å²) in [6, 6.07) is 5.17. The van der Waals surface area contributed by atoms with Gasteiger partial charge < -0.3 is 5.32 Å². The van der Waals surface area contributed by atoms with Gasteiger partial charge in [-0.2, -0.15) is 0 Å². The number of nitro benzene ring substituents is 1. The van der Waals surface area contributed by atoms with Crippen LogP contribution in [0.1, 0.15) is 32.8 Å². The molecule has 0 bridgehead atoms. The van der Waals surface area contributed by atoms with E-state index in [1.165, 1.54) is 6.07 Å². The molecule has 5 heteroatoms. The van der Waals surface area contributed by atoms with E-state index in [0.717, 1.165) is 13.0 Å². The molecular formula is C14H21ClN2O2. The predicted molar refractivity (Wildman–Crippen MR) is 78.7 cm³/mol. The van der Waals surface area contributed by atoms with Crippen LogP contribution in [0.4, 0.5) is 5.69 Å². The maximum Gasteiger partial charge on any atom is 0.274 e. The molecule has 1 rings (SSSR count). The van der Waals surface area contributed by atoms with Gasteiger partial charge in [0.1, 0.15) is 0 Å². The highest BCUT2D eigenvalue weighted by molar-refractivity contribution is 6.31. The molecule has 4 nitrogen and oxygen atoms in total. The zero-order chi connectivity index (χ0) is 14.4. The zero-order valence-corrected chi connectivity index (χ0v) is 12.4. The van der Waals surface area contributed by atoms with E-state index in [1.807, 2.05) is 0 Å². The van der Waals surface area contributed by atoms with E-state index < -0.39 is 0 Å². The molecule has 0 saturated carbocycles. The molecular weight excluding hydrogens is 264 g/mol. The van der Waals surface area contributed by atoms with Crippen LogP contribution in [0.3, 0.4) is 0 Å². The Kier molecular flexibility index (Phi) is 6.25. The van der Waals surface area contributed by atoms with Crippen LogP contribution in [0.15, 0.2) is 18.2 Å². The first kappa shape index (κ1) is 15.9. The minimum Gasteiger partial charge on any atom is -0.314 e. The van der Waals surface area contributed by atoms with Gasteiger partial charge in [0, 0.05) is 17.7 Å². The van der Waals surface area contributed by atoms with Crippen molar-refractivity contribution in [3.63, 3.8) is 0 Å². The SMILES string of the molecule is CCNC(C)C(CC)Cc1c(Cl)cccc1[N+](=O)[O-]. The van der Waals surface area contributed by atoms with Gasteiger partial charge in [-0.25, -0.2) is 0 Å². The van der Waals surface area contributed by atoms with Gasteiger partial charge in [0.25, 0.3) is 5.69 Å². The Morgan fingerprint density at radius 2 is 2.11 bits per heavy atom. The van der Waals surface area contributed by atoms with Crippen molar-refractivity contribution in [1.82, 2.24) is 5.32 Å². The Morgan fingerprint density at radius 1 is 1.42 bits per heavy atom. The summed E-state index contributed by atoms with van der Waals surface area (Å²) >= 11 is 6.13. The second-order valence-electron chi connectivity index (χ2n) is 4.71. The fraction of sp³-hybridized carbons (Fsp3) is 0.571. The van der Waals surface area contributed by atoms with Crippen molar-refractivity contribution in [2.24, 2.45) is 5.92 Å². The van der Waals surface area contributed by atoms with Crippen molar-refractivity contribution in [3.05, 3.63) is 38.9 Å². The molecule has 0 aliphatic heterocycles. The number of halogens is 1. The Labute approximate surface area is 119 Å². The number of hydrogen-bond acceptors (Lipinski definition) is 3. The number of nitro groups is 1. The molecule has 1 aromatic rings. The van der Waals surface area contributed by atoms with Crippen LogP contribution in [-0.4, -0.2) is 17.5 Å². The summed E-state index contributed by atoms with van der Waals surface area (Å²) in [4.78, 5) is 10.7. The van der Waals surface area contributed by atoms with Gasteiger partial charge in [-0.1, -0.05) is 37.9 Å². The first-order chi connectivity index (χ1) is 9.01. The molecule has 2 unspecified atom stereocenters. The summed E-state index contributed by atoms with van der Waals surface area (Å²) in [6.45, 7) is 7.16. The van der Waals surface area contributed by atoms with E-state index in [4.69, 9.17) is 11.6 Å². The van der Waals surface area contributed by atoms with Crippen LogP contribution in [0.5, 0.6) is 0 Å². The third-order valence-electron chi connectivity index (χ3n) is 3.51. The smallest absolute Gasteiger partial charge is 0.274 e. The van der Waals surface area contributed by atoms with Gasteiger partial charge in [0.15, 0.2) is 0 Å². The summed E-state index contributed by atoms with van der Waals surface area (Å²) in [5.41, 5.74) is 0.764. The summed E-state index contributed by atoms with van der Waals surface area (Å²) in [7, 11) is 0. The summed E-state index contributed by atoms with van der Waals surface area (Å²) in [6.07, 6.45) is 1.58. The van der Waals surface area contributed by atoms with Gasteiger partial charge >= 0.3 is 0 Å². The van der Waals surface area contributed by atoms with E-state index >= 15 is 0 Å². The van der Waals surface area contributed by atoms with Crippen LogP contribution in [0.2, 0.25) is 5.02 Å². The highest BCUT2D eigenvalue weighted by atomic mass is 35.5. The standard InChI is InChI=1S/C14H21ClN2O2/c1-4-11(10(3)16-5-2)9-12-13(15)7-6-8-14(12)17(18)19/h6-8,10-11,16H,4-5,9H2,1-3H3. The molecule has 0 saturated heterocycles. The summed E-state index contributed by atoms with van der Waals surface area (Å²) in [5.74, 6) is 0.332. The van der Waals surface area contributed by atoms with Crippen molar-refractivity contribution in [2.75, 3.05) is 6.54 Å². The maximum absolute atomic E-state index is 11.1. The highest BCUT2D eigenvalue weighted by Gasteiger charge is 2.22. The van der Waals surface area contributed by atoms with Crippen LogP contribution in [0, 0.1) is 16.0 Å². The van der Waals surface area contributed by atoms with Crippen LogP contribution in [-0.2, 0) is 6.42 Å². The first-order valence-electron chi connectivity index (χ1n) is 6.66. The fourth-order valence-corrected chi connectivity index (χ4v) is 2.59. The van der Waals surface area contributed by atoms with E-state index in [9.17, 15) is 10.1 Å². The maximum atomic E-state index is 11.1. The van der Waals surface area contributed by atoms with Gasteiger partial charge in [-0.05, 0) is 31.9 Å². The van der Waals surface area contributed by atoms with Gasteiger partial charge in [0.05, 0.1) is 9.95 Å². The second kappa shape index (κ2) is 7.46. The van der Waals surface area contributed by atoms with Crippen molar-refractivity contribution in [1.29, 1.82) is 0 Å². The number of rotatable bonds is 7. The number of nitrogens with zero attached hydrogens (tertiary/aromatic N) is 1. The molecule has 0 fully saturated rings. The average Bonchev–Trinajstić information content (AvgIpc) is 2.37. The van der Waals surface area contributed by atoms with Crippen molar-refractivity contribution < 1.29 is 4.92 Å². The van der Waals surface area contributed by atoms with Gasteiger partial charge in [0.2, 0.25) is 0 Å². The Morgan fingerprint density at radius 3 is 2.63 bits per heavy atom. The van der Waals surface area contributed by atoms with E-state index in [-0.39, 0.29) is 10.6 Å². The average molecular weight is 285 g/mol. The van der Waals surface area contributed by atoms with E-state index in [1.54, 1.807) is 12.1 Å². The summed E-state index contributed by atoms with van der Waals surface area (Å²) < 4.78 is 0. The lowest BCUT2D eigenvalue weighted by molar-refractivity contribution is -0.385. The van der Waals surface area contributed by atoms with E-state index in [2.05, 4.69) is 26.1 Å². The topological polar surface area (TPSA) is 55.2 Å². The molecule has 0 aromatic heterocycles. The molecule has 0 heterocycles. The van der Waals surface area contributed by atoms with Gasteiger partial charge in [-0.15, -0.1) is 0 Å². The molecule has 19 heavy (non-hydrogen) atoms. The van der Waals surface area contributed by atoms with Crippen LogP contribution in [0.25, 0.3) is 0 Å². The molecule has 0 spiro atoms. The Balaban J connectivity index is 2.99. The number of nitrogens with one attached hydrogen (secondary N) is 1. The third-order valence-corrected chi connectivity index (χ3v) is 3.87. The minimum absolute atomic E-state index is 0.120. The molecule has 2 atom stereocenters. The first-order valence-corrected chi connectivity index (χ1v) is 7.04. The Bertz CT molecular complexity index is 437. The van der Waals surface area contributed by atoms with Crippen molar-refractivity contribution >= 4 is 17.3 Å². The molecule has 0 aliphatic rings. The lowest BCUT2D eigenvalue weighted by atomic mass is 9.90. The monoisotopic (exact) mass is 284 g/mol. The fourth-order valence-electron chi connectivity index (χ4n) is 2.35. The van der Waals surface area contributed by atoms with Gasteiger partial charge in [-0.3, -0.25) is 10.1 Å². The highest BCUT2D eigenvalue weighted by Crippen LogP contribution is 2.30. The quantitative estimate of drug-likeness (QED) is 0.612. The molecule has 1 N–H and O–H groups in total. The van der Waals surface area contributed by atoms with E-state index in [0.29, 0.717) is 29.0 Å². The molecule has 0 radical (unpaired) electrons. The molecule has 1 aromatic carbocycles. The predicted octanol–water partition coefficient (Wildman–Crippen LogP) is 3.81. The minimum atomic E-state index is -0.355. The molecule has 106 valence electrons. The molecule has 0 amide bonds. The zero-order valence-electron chi connectivity index (χ0n) is 11.6. The second-order valence-corrected chi connectivity index (χ2v) is 5.12. The normalized spacial score (nSPS) is 14.1. The van der Waals surface area contributed by atoms with Crippen molar-refractivity contribution in [2.45, 2.75) is 39.7 Å². The molecule has 0 aliphatic carbocycles. The third kappa shape index (κ3) is 4.18.